The number of aromatic nitrogens is 4. The lowest BCUT2D eigenvalue weighted by atomic mass is 10.2. The summed E-state index contributed by atoms with van der Waals surface area (Å²) in [6, 6.07) is 13.4. The van der Waals surface area contributed by atoms with E-state index in [1.54, 1.807) is 23.2 Å². The van der Waals surface area contributed by atoms with Crippen LogP contribution in [-0.4, -0.2) is 25.4 Å². The number of nitrogens with one attached hydrogen (secondary N) is 1. The Morgan fingerprint density at radius 2 is 1.92 bits per heavy atom. The van der Waals surface area contributed by atoms with E-state index in [2.05, 4.69) is 20.3 Å². The van der Waals surface area contributed by atoms with E-state index in [0.29, 0.717) is 11.4 Å². The highest BCUT2D eigenvalue weighted by Crippen LogP contribution is 2.22. The van der Waals surface area contributed by atoms with Gasteiger partial charge in [-0.3, -0.25) is 19.7 Å². The molecule has 0 aliphatic heterocycles. The predicted molar refractivity (Wildman–Crippen MR) is 96.0 cm³/mol. The minimum atomic E-state index is -0.412. The van der Waals surface area contributed by atoms with Gasteiger partial charge in [-0.25, -0.2) is 4.98 Å². The molecule has 26 heavy (non-hydrogen) atoms. The first-order valence-corrected chi connectivity index (χ1v) is 8.00. The van der Waals surface area contributed by atoms with Gasteiger partial charge in [-0.05, 0) is 30.7 Å². The number of carbonyl (C=O) groups is 1. The lowest BCUT2D eigenvalue weighted by Gasteiger charge is -2.06. The standard InChI is InChI=1S/C19H15N5O2/c1-13-6-5-9-20-16(13)15-12-26-19(22-15)23-18(25)17-21-10-11-24(17)14-7-3-2-4-8-14/h2-12H,1H3,(H,22,23,25). The summed E-state index contributed by atoms with van der Waals surface area (Å²) in [5.41, 5.74) is 3.08. The zero-order chi connectivity index (χ0) is 17.9. The molecule has 0 unspecified atom stereocenters. The Morgan fingerprint density at radius 1 is 1.08 bits per heavy atom. The zero-order valence-corrected chi connectivity index (χ0v) is 14.0. The van der Waals surface area contributed by atoms with Gasteiger partial charge in [0.05, 0.1) is 5.69 Å². The molecule has 0 fully saturated rings. The number of carbonyl (C=O) groups excluding carboxylic acids is 1. The summed E-state index contributed by atoms with van der Waals surface area (Å²) in [5, 5.41) is 2.64. The van der Waals surface area contributed by atoms with E-state index in [9.17, 15) is 4.79 Å². The molecule has 0 radical (unpaired) electrons. The third-order valence-corrected chi connectivity index (χ3v) is 3.85. The molecule has 0 bridgehead atoms. The van der Waals surface area contributed by atoms with Gasteiger partial charge in [0.25, 0.3) is 5.91 Å². The molecule has 128 valence electrons. The molecule has 3 aromatic heterocycles. The molecular weight excluding hydrogens is 330 g/mol. The monoisotopic (exact) mass is 345 g/mol. The largest absolute Gasteiger partial charge is 0.431 e. The van der Waals surface area contributed by atoms with Gasteiger partial charge in [0, 0.05) is 24.3 Å². The number of amides is 1. The second-order valence-electron chi connectivity index (χ2n) is 5.62. The lowest BCUT2D eigenvalue weighted by Crippen LogP contribution is -2.17. The normalized spacial score (nSPS) is 10.7. The number of aryl methyl sites for hydroxylation is 1. The van der Waals surface area contributed by atoms with Crippen molar-refractivity contribution in [3.8, 4) is 17.1 Å². The maximum atomic E-state index is 12.6. The van der Waals surface area contributed by atoms with E-state index >= 15 is 0 Å². The molecule has 3 heterocycles. The van der Waals surface area contributed by atoms with E-state index < -0.39 is 5.91 Å². The molecule has 4 aromatic rings. The van der Waals surface area contributed by atoms with Gasteiger partial charge in [0.2, 0.25) is 5.82 Å². The zero-order valence-electron chi connectivity index (χ0n) is 14.0. The first-order valence-electron chi connectivity index (χ1n) is 8.00. The van der Waals surface area contributed by atoms with E-state index in [1.807, 2.05) is 49.4 Å². The Kier molecular flexibility index (Phi) is 4.03. The average Bonchev–Trinajstić information content (AvgIpc) is 3.32. The van der Waals surface area contributed by atoms with Crippen molar-refractivity contribution in [2.75, 3.05) is 5.32 Å². The molecule has 0 spiro atoms. The highest BCUT2D eigenvalue weighted by molar-refractivity contribution is 6.01. The number of oxazole rings is 1. The van der Waals surface area contributed by atoms with Crippen LogP contribution in [-0.2, 0) is 0 Å². The maximum Gasteiger partial charge on any atom is 0.302 e. The highest BCUT2D eigenvalue weighted by Gasteiger charge is 2.17. The molecule has 1 amide bonds. The molecule has 4 rings (SSSR count). The summed E-state index contributed by atoms with van der Waals surface area (Å²) in [4.78, 5) is 25.3. The van der Waals surface area contributed by atoms with Gasteiger partial charge in [-0.15, -0.1) is 0 Å². The fourth-order valence-corrected chi connectivity index (χ4v) is 2.62. The first kappa shape index (κ1) is 15.8. The number of imidazole rings is 1. The summed E-state index contributed by atoms with van der Waals surface area (Å²) in [6.07, 6.45) is 6.45. The Hall–Kier alpha value is -3.74. The van der Waals surface area contributed by atoms with Crippen molar-refractivity contribution in [3.05, 3.63) is 78.7 Å². The van der Waals surface area contributed by atoms with Crippen molar-refractivity contribution < 1.29 is 9.21 Å². The number of pyridine rings is 1. The lowest BCUT2D eigenvalue weighted by molar-refractivity contribution is 0.101. The summed E-state index contributed by atoms with van der Waals surface area (Å²) < 4.78 is 7.06. The van der Waals surface area contributed by atoms with Crippen LogP contribution in [0.5, 0.6) is 0 Å². The van der Waals surface area contributed by atoms with Crippen LogP contribution in [0.15, 0.2) is 71.7 Å². The number of rotatable bonds is 4. The second kappa shape index (κ2) is 6.64. The fourth-order valence-electron chi connectivity index (χ4n) is 2.62. The summed E-state index contributed by atoms with van der Waals surface area (Å²) >= 11 is 0. The van der Waals surface area contributed by atoms with Gasteiger partial charge in [0.15, 0.2) is 0 Å². The van der Waals surface area contributed by atoms with Crippen molar-refractivity contribution in [1.82, 2.24) is 19.5 Å². The van der Waals surface area contributed by atoms with Gasteiger partial charge in [0.1, 0.15) is 12.0 Å². The summed E-state index contributed by atoms with van der Waals surface area (Å²) in [7, 11) is 0. The highest BCUT2D eigenvalue weighted by atomic mass is 16.4. The minimum Gasteiger partial charge on any atom is -0.431 e. The van der Waals surface area contributed by atoms with Gasteiger partial charge in [-0.1, -0.05) is 24.3 Å². The Balaban J connectivity index is 1.57. The van der Waals surface area contributed by atoms with Crippen LogP contribution in [0, 0.1) is 6.92 Å². The first-order chi connectivity index (χ1) is 12.7. The topological polar surface area (TPSA) is 85.8 Å². The van der Waals surface area contributed by atoms with E-state index in [0.717, 1.165) is 11.3 Å². The van der Waals surface area contributed by atoms with Crippen molar-refractivity contribution >= 4 is 11.9 Å². The number of hydrogen-bond acceptors (Lipinski definition) is 5. The Labute approximate surface area is 149 Å². The van der Waals surface area contributed by atoms with Crippen molar-refractivity contribution in [1.29, 1.82) is 0 Å². The Morgan fingerprint density at radius 3 is 2.73 bits per heavy atom. The Bertz CT molecular complexity index is 1050. The van der Waals surface area contributed by atoms with Gasteiger partial charge >= 0.3 is 6.01 Å². The molecule has 0 aliphatic rings. The number of benzene rings is 1. The predicted octanol–water partition coefficient (Wildman–Crippen LogP) is 3.48. The van der Waals surface area contributed by atoms with Crippen molar-refractivity contribution in [3.63, 3.8) is 0 Å². The second-order valence-corrected chi connectivity index (χ2v) is 5.62. The van der Waals surface area contributed by atoms with E-state index in [1.165, 1.54) is 6.26 Å². The van der Waals surface area contributed by atoms with Crippen LogP contribution < -0.4 is 5.32 Å². The molecule has 1 aromatic carbocycles. The molecule has 7 nitrogen and oxygen atoms in total. The average molecular weight is 345 g/mol. The summed E-state index contributed by atoms with van der Waals surface area (Å²) in [6.45, 7) is 1.94. The molecular formula is C19H15N5O2. The van der Waals surface area contributed by atoms with Crippen LogP contribution in [0.2, 0.25) is 0 Å². The number of hydrogen-bond donors (Lipinski definition) is 1. The van der Waals surface area contributed by atoms with Crippen molar-refractivity contribution in [2.45, 2.75) is 6.92 Å². The molecule has 0 atom stereocenters. The molecule has 7 heteroatoms. The molecule has 0 saturated carbocycles. The number of para-hydroxylation sites is 1. The third kappa shape index (κ3) is 2.98. The summed E-state index contributed by atoms with van der Waals surface area (Å²) in [5.74, 6) is -0.171. The molecule has 0 aliphatic carbocycles. The van der Waals surface area contributed by atoms with Gasteiger partial charge in [-0.2, -0.15) is 4.98 Å². The minimum absolute atomic E-state index is 0.0951. The quantitative estimate of drug-likeness (QED) is 0.612. The number of nitrogens with zero attached hydrogens (tertiary/aromatic N) is 4. The molecule has 0 saturated heterocycles. The fraction of sp³-hybridized carbons (Fsp3) is 0.0526. The van der Waals surface area contributed by atoms with Gasteiger partial charge < -0.3 is 4.42 Å². The van der Waals surface area contributed by atoms with Crippen LogP contribution in [0.1, 0.15) is 16.2 Å². The SMILES string of the molecule is Cc1cccnc1-c1coc(NC(=O)c2nccn2-c2ccccc2)n1. The van der Waals surface area contributed by atoms with Crippen molar-refractivity contribution in [2.24, 2.45) is 0 Å². The number of anilines is 1. The maximum absolute atomic E-state index is 12.6. The van der Waals surface area contributed by atoms with Crippen LogP contribution >= 0.6 is 0 Å². The van der Waals surface area contributed by atoms with Crippen LogP contribution in [0.4, 0.5) is 6.01 Å². The molecule has 1 N–H and O–H groups in total. The van der Waals surface area contributed by atoms with Crippen LogP contribution in [0.3, 0.4) is 0 Å². The van der Waals surface area contributed by atoms with E-state index in [-0.39, 0.29) is 11.8 Å². The third-order valence-electron chi connectivity index (χ3n) is 3.85. The smallest absolute Gasteiger partial charge is 0.302 e. The van der Waals surface area contributed by atoms with E-state index in [4.69, 9.17) is 4.42 Å². The van der Waals surface area contributed by atoms with Crippen LogP contribution in [0.25, 0.3) is 17.1 Å².